The van der Waals surface area contributed by atoms with Crippen molar-refractivity contribution in [1.82, 2.24) is 4.31 Å². The molecule has 0 aliphatic carbocycles. The summed E-state index contributed by atoms with van der Waals surface area (Å²) in [5.41, 5.74) is 1.36. The van der Waals surface area contributed by atoms with Gasteiger partial charge in [-0.3, -0.25) is 0 Å². The molecule has 1 N–H and O–H groups in total. The largest absolute Gasteiger partial charge is 0.379 e. The molecule has 0 aliphatic rings. The van der Waals surface area contributed by atoms with Crippen LogP contribution in [0.3, 0.4) is 0 Å². The van der Waals surface area contributed by atoms with E-state index in [1.165, 1.54) is 16.4 Å². The van der Waals surface area contributed by atoms with Crippen LogP contribution in [0.4, 0.5) is 14.5 Å². The van der Waals surface area contributed by atoms with E-state index in [9.17, 15) is 25.6 Å². The van der Waals surface area contributed by atoms with Gasteiger partial charge in [0.2, 0.25) is 19.9 Å². The molecule has 1 unspecified atom stereocenters. The third-order valence-electron chi connectivity index (χ3n) is 4.52. The molecule has 0 bridgehead atoms. The van der Waals surface area contributed by atoms with Crippen LogP contribution in [-0.4, -0.2) is 40.0 Å². The highest BCUT2D eigenvalue weighted by Crippen LogP contribution is 2.24. The molecule has 160 valence electrons. The zero-order valence-electron chi connectivity index (χ0n) is 16.3. The van der Waals surface area contributed by atoms with Gasteiger partial charge >= 0.3 is 5.76 Å². The van der Waals surface area contributed by atoms with Crippen LogP contribution in [-0.2, 0) is 19.9 Å². The van der Waals surface area contributed by atoms with E-state index in [0.717, 1.165) is 17.7 Å². The maximum atomic E-state index is 12.6. The molecular weight excluding hydrogens is 422 g/mol. The van der Waals surface area contributed by atoms with Gasteiger partial charge in [0, 0.05) is 24.8 Å². The summed E-state index contributed by atoms with van der Waals surface area (Å²) < 4.78 is 74.6. The van der Waals surface area contributed by atoms with Gasteiger partial charge < -0.3 is 5.32 Å². The van der Waals surface area contributed by atoms with Crippen molar-refractivity contribution in [2.24, 2.45) is 0 Å². The van der Waals surface area contributed by atoms with E-state index in [2.05, 4.69) is 5.32 Å². The number of sulfonamides is 1. The Balaban J connectivity index is 2.15. The van der Waals surface area contributed by atoms with Crippen molar-refractivity contribution >= 4 is 25.5 Å². The second-order valence-corrected chi connectivity index (χ2v) is 10.2. The van der Waals surface area contributed by atoms with Crippen LogP contribution in [0.25, 0.3) is 0 Å². The third kappa shape index (κ3) is 5.12. The van der Waals surface area contributed by atoms with Crippen molar-refractivity contribution in [3.8, 4) is 0 Å². The minimum Gasteiger partial charge on any atom is -0.379 e. The van der Waals surface area contributed by atoms with Crippen LogP contribution in [0.5, 0.6) is 0 Å². The van der Waals surface area contributed by atoms with Gasteiger partial charge in [0.15, 0.2) is 0 Å². The summed E-state index contributed by atoms with van der Waals surface area (Å²) in [7, 11) is -8.16. The normalized spacial score (nSPS) is 13.6. The lowest BCUT2D eigenvalue weighted by Gasteiger charge is -2.20. The fourth-order valence-corrected chi connectivity index (χ4v) is 5.00. The Bertz CT molecular complexity index is 1020. The number of halogens is 2. The quantitative estimate of drug-likeness (QED) is 0.632. The molecule has 0 aromatic heterocycles. The Kier molecular flexibility index (Phi) is 7.36. The predicted molar refractivity (Wildman–Crippen MR) is 108 cm³/mol. The van der Waals surface area contributed by atoms with Crippen LogP contribution in [0, 0.1) is 0 Å². The molecule has 0 amide bonds. The molecule has 0 saturated carbocycles. The number of hydrogen-bond donors (Lipinski definition) is 1. The fourth-order valence-electron chi connectivity index (χ4n) is 2.82. The van der Waals surface area contributed by atoms with Crippen molar-refractivity contribution in [3.63, 3.8) is 0 Å². The average Bonchev–Trinajstić information content (AvgIpc) is 2.69. The smallest absolute Gasteiger partial charge is 0.341 e. The summed E-state index contributed by atoms with van der Waals surface area (Å²) >= 11 is 0. The van der Waals surface area contributed by atoms with Crippen LogP contribution >= 0.6 is 0 Å². The maximum Gasteiger partial charge on any atom is 0.341 e. The second-order valence-electron chi connectivity index (χ2n) is 6.35. The number of hydrogen-bond acceptors (Lipinski definition) is 5. The van der Waals surface area contributed by atoms with Crippen LogP contribution in [0.2, 0.25) is 0 Å². The predicted octanol–water partition coefficient (Wildman–Crippen LogP) is 3.89. The van der Waals surface area contributed by atoms with E-state index in [0.29, 0.717) is 18.8 Å². The van der Waals surface area contributed by atoms with Crippen LogP contribution in [0.15, 0.2) is 58.3 Å². The Morgan fingerprint density at radius 2 is 1.34 bits per heavy atom. The lowest BCUT2D eigenvalue weighted by Crippen LogP contribution is -2.30. The molecule has 0 saturated heterocycles. The highest BCUT2D eigenvalue weighted by molar-refractivity contribution is 7.91. The van der Waals surface area contributed by atoms with Crippen molar-refractivity contribution in [1.29, 1.82) is 0 Å². The standard InChI is InChI=1S/C19H24F2N2O4S2/c1-4-23(5-2)29(26,27)18-10-6-15(7-11-18)14(3)22-16-8-12-17(13-9-16)28(24,25)19(20)21/h6-14,19,22H,4-5H2,1-3H3. The summed E-state index contributed by atoms with van der Waals surface area (Å²) in [6, 6.07) is 11.3. The highest BCUT2D eigenvalue weighted by Gasteiger charge is 2.26. The minimum atomic E-state index is -4.63. The second kappa shape index (κ2) is 9.19. The first-order valence-corrected chi connectivity index (χ1v) is 12.0. The molecular formula is C19H24F2N2O4S2. The van der Waals surface area contributed by atoms with E-state index in [1.54, 1.807) is 38.1 Å². The van der Waals surface area contributed by atoms with Crippen molar-refractivity contribution in [3.05, 3.63) is 54.1 Å². The van der Waals surface area contributed by atoms with Gasteiger partial charge in [-0.1, -0.05) is 26.0 Å². The first-order valence-electron chi connectivity index (χ1n) is 9.02. The van der Waals surface area contributed by atoms with Gasteiger partial charge in [-0.15, -0.1) is 0 Å². The summed E-state index contributed by atoms with van der Waals surface area (Å²) in [4.78, 5) is -0.240. The number of rotatable bonds is 9. The average molecular weight is 447 g/mol. The molecule has 2 aromatic carbocycles. The molecule has 0 heterocycles. The SMILES string of the molecule is CCN(CC)S(=O)(=O)c1ccc(C(C)Nc2ccc(S(=O)(=O)C(F)F)cc2)cc1. The lowest BCUT2D eigenvalue weighted by atomic mass is 10.1. The first kappa shape index (κ1) is 23.2. The van der Waals surface area contributed by atoms with Gasteiger partial charge in [0.1, 0.15) is 0 Å². The van der Waals surface area contributed by atoms with E-state index in [-0.39, 0.29) is 10.9 Å². The van der Waals surface area contributed by atoms with Crippen molar-refractivity contribution in [2.75, 3.05) is 18.4 Å². The Labute approximate surface area is 170 Å². The topological polar surface area (TPSA) is 83.6 Å². The lowest BCUT2D eigenvalue weighted by molar-refractivity contribution is 0.234. The molecule has 10 heteroatoms. The maximum absolute atomic E-state index is 12.6. The molecule has 0 radical (unpaired) electrons. The number of anilines is 1. The number of sulfone groups is 1. The molecule has 2 rings (SSSR count). The van der Waals surface area contributed by atoms with E-state index in [4.69, 9.17) is 0 Å². The van der Waals surface area contributed by atoms with Gasteiger partial charge in [-0.05, 0) is 48.9 Å². The van der Waals surface area contributed by atoms with E-state index < -0.39 is 30.5 Å². The Morgan fingerprint density at radius 3 is 1.79 bits per heavy atom. The number of alkyl halides is 2. The molecule has 0 fully saturated rings. The van der Waals surface area contributed by atoms with Gasteiger partial charge in [-0.2, -0.15) is 13.1 Å². The summed E-state index contributed by atoms with van der Waals surface area (Å²) in [6.07, 6.45) is 0. The molecule has 0 aliphatic heterocycles. The number of nitrogens with one attached hydrogen (secondary N) is 1. The van der Waals surface area contributed by atoms with Crippen LogP contribution < -0.4 is 5.32 Å². The van der Waals surface area contributed by atoms with Crippen molar-refractivity contribution < 1.29 is 25.6 Å². The van der Waals surface area contributed by atoms with E-state index >= 15 is 0 Å². The third-order valence-corrected chi connectivity index (χ3v) is 7.99. The van der Waals surface area contributed by atoms with Gasteiger partial charge in [0.05, 0.1) is 9.79 Å². The zero-order valence-corrected chi connectivity index (χ0v) is 18.0. The van der Waals surface area contributed by atoms with Gasteiger partial charge in [-0.25, -0.2) is 16.8 Å². The first-order chi connectivity index (χ1) is 13.5. The molecule has 1 atom stereocenters. The van der Waals surface area contributed by atoms with Gasteiger partial charge in [0.25, 0.3) is 0 Å². The van der Waals surface area contributed by atoms with Crippen LogP contribution in [0.1, 0.15) is 32.4 Å². The fraction of sp³-hybridized carbons (Fsp3) is 0.368. The van der Waals surface area contributed by atoms with E-state index in [1.807, 2.05) is 6.92 Å². The minimum absolute atomic E-state index is 0.207. The summed E-state index contributed by atoms with van der Waals surface area (Å²) in [6.45, 7) is 6.17. The summed E-state index contributed by atoms with van der Waals surface area (Å²) in [5.74, 6) is -3.47. The molecule has 0 spiro atoms. The zero-order chi connectivity index (χ0) is 21.8. The molecule has 2 aromatic rings. The summed E-state index contributed by atoms with van der Waals surface area (Å²) in [5, 5.41) is 3.13. The Morgan fingerprint density at radius 1 is 0.862 bits per heavy atom. The number of benzene rings is 2. The number of nitrogens with zero attached hydrogens (tertiary/aromatic N) is 1. The molecule has 6 nitrogen and oxygen atoms in total. The Hall–Kier alpha value is -2.04. The molecule has 29 heavy (non-hydrogen) atoms. The van der Waals surface area contributed by atoms with Crippen molar-refractivity contribution in [2.45, 2.75) is 42.4 Å². The highest BCUT2D eigenvalue weighted by atomic mass is 32.2. The monoisotopic (exact) mass is 446 g/mol.